The highest BCUT2D eigenvalue weighted by atomic mass is 127. The van der Waals surface area contributed by atoms with Crippen LogP contribution in [0.5, 0.6) is 0 Å². The van der Waals surface area contributed by atoms with E-state index in [4.69, 9.17) is 4.42 Å². The first-order valence-corrected chi connectivity index (χ1v) is 6.27. The standard InChI is InChI=1S/C11H12IN3O2/c1-7(5-8-3-2-4-17-8)15-10-9(12)11(16)14-6-13-10/h2-4,6-7H,5H2,1H3,(H2,13,14,15,16). The van der Waals surface area contributed by atoms with E-state index in [1.807, 2.05) is 41.6 Å². The Labute approximate surface area is 112 Å². The van der Waals surface area contributed by atoms with Crippen LogP contribution in [-0.2, 0) is 6.42 Å². The fraction of sp³-hybridized carbons (Fsp3) is 0.273. The van der Waals surface area contributed by atoms with Crippen molar-refractivity contribution in [1.82, 2.24) is 9.97 Å². The van der Waals surface area contributed by atoms with Crippen LogP contribution in [0.15, 0.2) is 33.9 Å². The van der Waals surface area contributed by atoms with E-state index in [2.05, 4.69) is 15.3 Å². The summed E-state index contributed by atoms with van der Waals surface area (Å²) in [6.45, 7) is 2.02. The molecule has 0 amide bonds. The topological polar surface area (TPSA) is 70.9 Å². The molecule has 1 unspecified atom stereocenters. The van der Waals surface area contributed by atoms with E-state index in [1.54, 1.807) is 6.26 Å². The lowest BCUT2D eigenvalue weighted by Gasteiger charge is -2.13. The molecular weight excluding hydrogens is 333 g/mol. The molecule has 2 aromatic heterocycles. The Morgan fingerprint density at radius 1 is 1.65 bits per heavy atom. The number of hydrogen-bond acceptors (Lipinski definition) is 4. The molecule has 0 aliphatic carbocycles. The van der Waals surface area contributed by atoms with Gasteiger partial charge in [0.2, 0.25) is 0 Å². The minimum Gasteiger partial charge on any atom is -0.469 e. The second-order valence-corrected chi connectivity index (χ2v) is 4.80. The zero-order valence-corrected chi connectivity index (χ0v) is 11.4. The summed E-state index contributed by atoms with van der Waals surface area (Å²) >= 11 is 1.98. The van der Waals surface area contributed by atoms with Crippen LogP contribution in [0.25, 0.3) is 0 Å². The normalized spacial score (nSPS) is 12.4. The Bertz CT molecular complexity index is 536. The molecule has 2 aromatic rings. The van der Waals surface area contributed by atoms with Gasteiger partial charge in [-0.1, -0.05) is 0 Å². The van der Waals surface area contributed by atoms with Crippen LogP contribution < -0.4 is 10.9 Å². The quantitative estimate of drug-likeness (QED) is 0.832. The highest BCUT2D eigenvalue weighted by Crippen LogP contribution is 2.12. The minimum absolute atomic E-state index is 0.131. The molecule has 2 rings (SSSR count). The van der Waals surface area contributed by atoms with Crippen LogP contribution in [0, 0.1) is 3.57 Å². The molecule has 90 valence electrons. The van der Waals surface area contributed by atoms with E-state index in [0.717, 1.165) is 12.2 Å². The van der Waals surface area contributed by atoms with Gasteiger partial charge in [-0.05, 0) is 41.6 Å². The summed E-state index contributed by atoms with van der Waals surface area (Å²) in [6, 6.07) is 3.93. The summed E-state index contributed by atoms with van der Waals surface area (Å²) < 4.78 is 5.83. The Hall–Kier alpha value is -1.31. The van der Waals surface area contributed by atoms with Crippen molar-refractivity contribution in [2.45, 2.75) is 19.4 Å². The van der Waals surface area contributed by atoms with Gasteiger partial charge in [-0.25, -0.2) is 4.98 Å². The molecule has 2 heterocycles. The second-order valence-electron chi connectivity index (χ2n) is 3.72. The van der Waals surface area contributed by atoms with Gasteiger partial charge < -0.3 is 14.7 Å². The van der Waals surface area contributed by atoms with E-state index in [0.29, 0.717) is 9.39 Å². The number of nitrogens with zero attached hydrogens (tertiary/aromatic N) is 1. The molecular formula is C11H12IN3O2. The van der Waals surface area contributed by atoms with Crippen LogP contribution in [0.1, 0.15) is 12.7 Å². The van der Waals surface area contributed by atoms with Gasteiger partial charge in [-0.3, -0.25) is 4.79 Å². The molecule has 0 spiro atoms. The molecule has 0 aliphatic heterocycles. The molecule has 1 atom stereocenters. The van der Waals surface area contributed by atoms with Crippen molar-refractivity contribution in [3.8, 4) is 0 Å². The number of hydrogen-bond donors (Lipinski definition) is 2. The highest BCUT2D eigenvalue weighted by Gasteiger charge is 2.10. The Kier molecular flexibility index (Phi) is 3.82. The van der Waals surface area contributed by atoms with Crippen LogP contribution in [0.4, 0.5) is 5.82 Å². The smallest absolute Gasteiger partial charge is 0.266 e. The van der Waals surface area contributed by atoms with Gasteiger partial charge in [0, 0.05) is 12.5 Å². The van der Waals surface area contributed by atoms with Gasteiger partial charge in [0.25, 0.3) is 5.56 Å². The Morgan fingerprint density at radius 2 is 2.47 bits per heavy atom. The maximum Gasteiger partial charge on any atom is 0.266 e. The van der Waals surface area contributed by atoms with Gasteiger partial charge in [0.1, 0.15) is 15.1 Å². The van der Waals surface area contributed by atoms with Crippen molar-refractivity contribution in [2.24, 2.45) is 0 Å². The summed E-state index contributed by atoms with van der Waals surface area (Å²) in [7, 11) is 0. The lowest BCUT2D eigenvalue weighted by molar-refractivity contribution is 0.497. The molecule has 0 bridgehead atoms. The van der Waals surface area contributed by atoms with Crippen LogP contribution in [-0.4, -0.2) is 16.0 Å². The molecule has 0 aromatic carbocycles. The maximum absolute atomic E-state index is 11.4. The number of anilines is 1. The third-order valence-electron chi connectivity index (χ3n) is 2.27. The fourth-order valence-electron chi connectivity index (χ4n) is 1.50. The summed E-state index contributed by atoms with van der Waals surface area (Å²) in [5.74, 6) is 1.51. The zero-order valence-electron chi connectivity index (χ0n) is 9.24. The lowest BCUT2D eigenvalue weighted by atomic mass is 10.2. The number of rotatable bonds is 4. The van der Waals surface area contributed by atoms with Crippen LogP contribution >= 0.6 is 22.6 Å². The highest BCUT2D eigenvalue weighted by molar-refractivity contribution is 14.1. The predicted octanol–water partition coefficient (Wildman–Crippen LogP) is 2.01. The molecule has 0 radical (unpaired) electrons. The van der Waals surface area contributed by atoms with Crippen molar-refractivity contribution < 1.29 is 4.42 Å². The molecule has 0 saturated heterocycles. The molecule has 0 aliphatic rings. The molecule has 6 heteroatoms. The number of aromatic nitrogens is 2. The lowest BCUT2D eigenvalue weighted by Crippen LogP contribution is -2.22. The largest absolute Gasteiger partial charge is 0.469 e. The fourth-order valence-corrected chi connectivity index (χ4v) is 1.95. The van der Waals surface area contributed by atoms with E-state index in [1.165, 1.54) is 6.33 Å². The first-order chi connectivity index (χ1) is 8.16. The zero-order chi connectivity index (χ0) is 12.3. The monoisotopic (exact) mass is 345 g/mol. The average molecular weight is 345 g/mol. The summed E-state index contributed by atoms with van der Waals surface area (Å²) in [5.41, 5.74) is -0.131. The van der Waals surface area contributed by atoms with Gasteiger partial charge in [-0.15, -0.1) is 0 Å². The van der Waals surface area contributed by atoms with Crippen molar-refractivity contribution in [3.63, 3.8) is 0 Å². The Morgan fingerprint density at radius 3 is 3.18 bits per heavy atom. The summed E-state index contributed by atoms with van der Waals surface area (Å²) in [6.07, 6.45) is 3.79. The first-order valence-electron chi connectivity index (χ1n) is 5.19. The number of nitrogens with one attached hydrogen (secondary N) is 2. The number of furan rings is 1. The van der Waals surface area contributed by atoms with Crippen molar-refractivity contribution >= 4 is 28.4 Å². The van der Waals surface area contributed by atoms with E-state index in [9.17, 15) is 4.79 Å². The van der Waals surface area contributed by atoms with Crippen molar-refractivity contribution in [3.05, 3.63) is 44.4 Å². The molecule has 0 saturated carbocycles. The third kappa shape index (κ3) is 3.09. The predicted molar refractivity (Wildman–Crippen MR) is 73.1 cm³/mol. The molecule has 5 nitrogen and oxygen atoms in total. The van der Waals surface area contributed by atoms with E-state index >= 15 is 0 Å². The maximum atomic E-state index is 11.4. The molecule has 0 fully saturated rings. The van der Waals surface area contributed by atoms with E-state index < -0.39 is 0 Å². The molecule has 2 N–H and O–H groups in total. The van der Waals surface area contributed by atoms with Gasteiger partial charge in [0.15, 0.2) is 0 Å². The van der Waals surface area contributed by atoms with Gasteiger partial charge in [-0.2, -0.15) is 0 Å². The Balaban J connectivity index is 2.05. The SMILES string of the molecule is CC(Cc1ccco1)Nc1nc[nH]c(=O)c1I. The summed E-state index contributed by atoms with van der Waals surface area (Å²) in [4.78, 5) is 18.0. The minimum atomic E-state index is -0.131. The second kappa shape index (κ2) is 5.35. The van der Waals surface area contributed by atoms with E-state index in [-0.39, 0.29) is 11.6 Å². The van der Waals surface area contributed by atoms with Gasteiger partial charge in [0.05, 0.1) is 12.6 Å². The number of H-pyrrole nitrogens is 1. The number of halogens is 1. The van der Waals surface area contributed by atoms with Crippen molar-refractivity contribution in [2.75, 3.05) is 5.32 Å². The number of aromatic amines is 1. The van der Waals surface area contributed by atoms with Crippen molar-refractivity contribution in [1.29, 1.82) is 0 Å². The third-order valence-corrected chi connectivity index (χ3v) is 3.27. The molecule has 17 heavy (non-hydrogen) atoms. The first kappa shape index (κ1) is 12.2. The average Bonchev–Trinajstić information content (AvgIpc) is 2.77. The van der Waals surface area contributed by atoms with Crippen LogP contribution in [0.2, 0.25) is 0 Å². The van der Waals surface area contributed by atoms with Crippen LogP contribution in [0.3, 0.4) is 0 Å². The van der Waals surface area contributed by atoms with Gasteiger partial charge >= 0.3 is 0 Å². The summed E-state index contributed by atoms with van der Waals surface area (Å²) in [5, 5.41) is 3.19.